The number of hydrogen-bond acceptors (Lipinski definition) is 4. The number of phenolic OH excluding ortho intramolecular Hbond substituents is 1. The van der Waals surface area contributed by atoms with Crippen molar-refractivity contribution in [3.8, 4) is 17.2 Å². The quantitative estimate of drug-likeness (QED) is 0.844. The number of methoxy groups -OCH3 is 1. The van der Waals surface area contributed by atoms with Crippen LogP contribution in [0.2, 0.25) is 0 Å². The van der Waals surface area contributed by atoms with Crippen molar-refractivity contribution in [1.82, 2.24) is 0 Å². The van der Waals surface area contributed by atoms with Crippen LogP contribution >= 0.6 is 0 Å². The van der Waals surface area contributed by atoms with Crippen molar-refractivity contribution < 1.29 is 19.4 Å². The number of phenols is 1. The van der Waals surface area contributed by atoms with E-state index in [1.54, 1.807) is 25.3 Å². The Labute approximate surface area is 141 Å². The molecule has 0 saturated carbocycles. The van der Waals surface area contributed by atoms with Crippen LogP contribution in [0, 0.1) is 0 Å². The maximum atomic E-state index is 12.5. The van der Waals surface area contributed by atoms with Gasteiger partial charge in [-0.1, -0.05) is 25.1 Å². The van der Waals surface area contributed by atoms with E-state index < -0.39 is 0 Å². The lowest BCUT2D eigenvalue weighted by atomic mass is 10.1. The molecule has 24 heavy (non-hydrogen) atoms. The van der Waals surface area contributed by atoms with Crippen LogP contribution in [0.5, 0.6) is 17.2 Å². The van der Waals surface area contributed by atoms with Gasteiger partial charge in [0.2, 0.25) is 0 Å². The van der Waals surface area contributed by atoms with Gasteiger partial charge in [-0.2, -0.15) is 0 Å². The number of fused-ring (bicyclic) bond motifs is 1. The third-order valence-electron chi connectivity index (χ3n) is 4.05. The first kappa shape index (κ1) is 16.1. The van der Waals surface area contributed by atoms with Gasteiger partial charge >= 0.3 is 0 Å². The molecule has 3 rings (SSSR count). The minimum Gasteiger partial charge on any atom is -0.508 e. The van der Waals surface area contributed by atoms with Gasteiger partial charge in [-0.15, -0.1) is 0 Å². The van der Waals surface area contributed by atoms with Crippen molar-refractivity contribution in [3.63, 3.8) is 0 Å². The van der Waals surface area contributed by atoms with E-state index in [-0.39, 0.29) is 11.5 Å². The molecule has 0 unspecified atom stereocenters. The van der Waals surface area contributed by atoms with Crippen LogP contribution < -0.4 is 9.47 Å². The third-order valence-corrected chi connectivity index (χ3v) is 4.05. The minimum absolute atomic E-state index is 0.0359. The van der Waals surface area contributed by atoms with E-state index >= 15 is 0 Å². The smallest absolute Gasteiger partial charge is 0.189 e. The Kier molecular flexibility index (Phi) is 4.56. The highest BCUT2D eigenvalue weighted by atomic mass is 16.5. The average Bonchev–Trinajstić information content (AvgIpc) is 2.91. The monoisotopic (exact) mass is 324 g/mol. The molecule has 0 radical (unpaired) electrons. The topological polar surface area (TPSA) is 55.8 Å². The summed E-state index contributed by atoms with van der Waals surface area (Å²) < 4.78 is 11.0. The summed E-state index contributed by atoms with van der Waals surface area (Å²) in [6.45, 7) is 2.67. The second-order valence-corrected chi connectivity index (χ2v) is 5.74. The van der Waals surface area contributed by atoms with E-state index in [1.165, 1.54) is 0 Å². The van der Waals surface area contributed by atoms with Crippen molar-refractivity contribution in [2.45, 2.75) is 19.8 Å². The summed E-state index contributed by atoms with van der Waals surface area (Å²) in [6, 6.07) is 10.7. The van der Waals surface area contributed by atoms with Crippen LogP contribution in [0.15, 0.2) is 42.0 Å². The molecule has 0 spiro atoms. The van der Waals surface area contributed by atoms with Crippen LogP contribution in [0.1, 0.15) is 34.8 Å². The molecule has 2 aromatic rings. The molecule has 1 aliphatic carbocycles. The Balaban J connectivity index is 1.90. The molecule has 0 bridgehead atoms. The number of aromatic hydroxyl groups is 1. The molecule has 0 amide bonds. The largest absolute Gasteiger partial charge is 0.508 e. The lowest BCUT2D eigenvalue weighted by molar-refractivity contribution is 0.104. The fourth-order valence-corrected chi connectivity index (χ4v) is 2.84. The highest BCUT2D eigenvalue weighted by Gasteiger charge is 2.26. The Hall–Kier alpha value is -2.75. The van der Waals surface area contributed by atoms with Crippen molar-refractivity contribution in [1.29, 1.82) is 0 Å². The van der Waals surface area contributed by atoms with E-state index in [9.17, 15) is 9.90 Å². The second kappa shape index (κ2) is 6.79. The molecule has 4 heteroatoms. The number of rotatable bonds is 5. The van der Waals surface area contributed by atoms with Crippen LogP contribution in [0.25, 0.3) is 6.08 Å². The van der Waals surface area contributed by atoms with E-state index in [0.29, 0.717) is 41.2 Å². The van der Waals surface area contributed by atoms with Gasteiger partial charge in [0.25, 0.3) is 0 Å². The standard InChI is InChI=1S/C20H20O4/c1-3-9-24-18-8-7-13(11-19(18)23-2)10-14-12-16-15(20(14)22)5-4-6-17(16)21/h4-8,10-11,21H,3,9,12H2,1-2H3/b14-10+. The zero-order chi connectivity index (χ0) is 17.1. The van der Waals surface area contributed by atoms with Gasteiger partial charge in [-0.05, 0) is 36.3 Å². The third kappa shape index (κ3) is 3.00. The lowest BCUT2D eigenvalue weighted by Crippen LogP contribution is -1.98. The number of ether oxygens (including phenoxy) is 2. The van der Waals surface area contributed by atoms with Gasteiger partial charge in [-0.3, -0.25) is 4.79 Å². The van der Waals surface area contributed by atoms with Crippen LogP contribution in [0.3, 0.4) is 0 Å². The Morgan fingerprint density at radius 3 is 2.75 bits per heavy atom. The number of hydrogen-bond donors (Lipinski definition) is 1. The summed E-state index contributed by atoms with van der Waals surface area (Å²) in [5.41, 5.74) is 2.81. The molecule has 0 heterocycles. The summed E-state index contributed by atoms with van der Waals surface area (Å²) in [4.78, 5) is 12.5. The van der Waals surface area contributed by atoms with Crippen LogP contribution in [0.4, 0.5) is 0 Å². The van der Waals surface area contributed by atoms with Crippen LogP contribution in [-0.4, -0.2) is 24.6 Å². The highest BCUT2D eigenvalue weighted by molar-refractivity contribution is 6.16. The van der Waals surface area contributed by atoms with Crippen molar-refractivity contribution in [2.75, 3.05) is 13.7 Å². The van der Waals surface area contributed by atoms with Gasteiger partial charge in [0, 0.05) is 23.1 Å². The number of ketones is 1. The van der Waals surface area contributed by atoms with Gasteiger partial charge in [-0.25, -0.2) is 0 Å². The highest BCUT2D eigenvalue weighted by Crippen LogP contribution is 2.35. The zero-order valence-corrected chi connectivity index (χ0v) is 13.8. The van der Waals surface area contributed by atoms with E-state index in [2.05, 4.69) is 0 Å². The summed E-state index contributed by atoms with van der Waals surface area (Å²) >= 11 is 0. The normalized spacial score (nSPS) is 14.8. The number of carbonyl (C=O) groups excluding carboxylic acids is 1. The first-order chi connectivity index (χ1) is 11.6. The van der Waals surface area contributed by atoms with Gasteiger partial charge in [0.15, 0.2) is 17.3 Å². The van der Waals surface area contributed by atoms with Crippen molar-refractivity contribution >= 4 is 11.9 Å². The van der Waals surface area contributed by atoms with E-state index in [4.69, 9.17) is 9.47 Å². The van der Waals surface area contributed by atoms with Crippen molar-refractivity contribution in [2.24, 2.45) is 0 Å². The maximum Gasteiger partial charge on any atom is 0.189 e. The summed E-state index contributed by atoms with van der Waals surface area (Å²) in [5, 5.41) is 9.92. The zero-order valence-electron chi connectivity index (χ0n) is 13.8. The Morgan fingerprint density at radius 1 is 1.21 bits per heavy atom. The molecule has 0 atom stereocenters. The predicted octanol–water partition coefficient (Wildman–Crippen LogP) is 4.01. The molecule has 2 aromatic carbocycles. The molecule has 0 fully saturated rings. The first-order valence-corrected chi connectivity index (χ1v) is 8.01. The fourth-order valence-electron chi connectivity index (χ4n) is 2.84. The molecule has 0 aliphatic heterocycles. The Morgan fingerprint density at radius 2 is 2.04 bits per heavy atom. The summed E-state index contributed by atoms with van der Waals surface area (Å²) in [5.74, 6) is 1.47. The molecule has 124 valence electrons. The van der Waals surface area contributed by atoms with Gasteiger partial charge < -0.3 is 14.6 Å². The number of benzene rings is 2. The Bertz CT molecular complexity index is 805. The molecule has 4 nitrogen and oxygen atoms in total. The summed E-state index contributed by atoms with van der Waals surface area (Å²) in [7, 11) is 1.60. The second-order valence-electron chi connectivity index (χ2n) is 5.74. The van der Waals surface area contributed by atoms with Gasteiger partial charge in [0.1, 0.15) is 5.75 Å². The first-order valence-electron chi connectivity index (χ1n) is 8.01. The molecule has 1 N–H and O–H groups in total. The lowest BCUT2D eigenvalue weighted by Gasteiger charge is -2.10. The molecular weight excluding hydrogens is 304 g/mol. The molecule has 0 aromatic heterocycles. The van der Waals surface area contributed by atoms with Gasteiger partial charge in [0.05, 0.1) is 13.7 Å². The fraction of sp³-hybridized carbons (Fsp3) is 0.250. The SMILES string of the molecule is CCCOc1ccc(/C=C2\Cc3c(O)cccc3C2=O)cc1OC. The molecule has 1 aliphatic rings. The van der Waals surface area contributed by atoms with Crippen molar-refractivity contribution in [3.05, 3.63) is 58.7 Å². The predicted molar refractivity (Wildman–Crippen MR) is 92.9 cm³/mol. The molecular formula is C20H20O4. The minimum atomic E-state index is -0.0359. The maximum absolute atomic E-state index is 12.5. The number of allylic oxidation sites excluding steroid dienone is 1. The van der Waals surface area contributed by atoms with E-state index in [1.807, 2.05) is 31.2 Å². The van der Waals surface area contributed by atoms with Crippen LogP contribution in [-0.2, 0) is 6.42 Å². The summed E-state index contributed by atoms with van der Waals surface area (Å²) in [6.07, 6.45) is 3.20. The average molecular weight is 324 g/mol. The number of Topliss-reactive ketones (excluding diaryl/α,β-unsaturated/α-hetero) is 1. The van der Waals surface area contributed by atoms with E-state index in [0.717, 1.165) is 12.0 Å². The molecule has 0 saturated heterocycles. The number of carbonyl (C=O) groups is 1.